The number of benzene rings is 2. The summed E-state index contributed by atoms with van der Waals surface area (Å²) in [6, 6.07) is 12.0. The van der Waals surface area contributed by atoms with Crippen LogP contribution in [-0.4, -0.2) is 39.2 Å². The Morgan fingerprint density at radius 2 is 1.81 bits per heavy atom. The second-order valence-electron chi connectivity index (χ2n) is 5.45. The van der Waals surface area contributed by atoms with Gasteiger partial charge in [0.15, 0.2) is 0 Å². The predicted molar refractivity (Wildman–Crippen MR) is 104 cm³/mol. The lowest BCUT2D eigenvalue weighted by Crippen LogP contribution is -2.26. The van der Waals surface area contributed by atoms with E-state index < -0.39 is 0 Å². The maximum Gasteiger partial charge on any atom is 0.259 e. The minimum atomic E-state index is -0.359. The summed E-state index contributed by atoms with van der Waals surface area (Å²) in [5.74, 6) is -0.159. The normalized spacial score (nSPS) is 10.3. The molecule has 138 valence electrons. The number of hydrogen-bond acceptors (Lipinski definition) is 4. The van der Waals surface area contributed by atoms with Crippen molar-refractivity contribution in [3.63, 3.8) is 0 Å². The molecular formula is C19H21BrN2O4. The molecule has 0 unspecified atom stereocenters. The summed E-state index contributed by atoms with van der Waals surface area (Å²) in [7, 11) is 3.12. The highest BCUT2D eigenvalue weighted by Crippen LogP contribution is 2.25. The lowest BCUT2D eigenvalue weighted by molar-refractivity contribution is 0.0949. The Balaban J connectivity index is 2.16. The fourth-order valence-corrected chi connectivity index (χ4v) is 2.71. The van der Waals surface area contributed by atoms with Gasteiger partial charge in [0, 0.05) is 24.7 Å². The summed E-state index contributed by atoms with van der Waals surface area (Å²) in [6.07, 6.45) is 0.714. The third-order valence-electron chi connectivity index (χ3n) is 3.64. The van der Waals surface area contributed by atoms with Gasteiger partial charge in [-0.05, 0) is 36.8 Å². The zero-order chi connectivity index (χ0) is 18.9. The molecule has 6 nitrogen and oxygen atoms in total. The van der Waals surface area contributed by atoms with E-state index in [-0.39, 0.29) is 11.8 Å². The van der Waals surface area contributed by atoms with Crippen molar-refractivity contribution in [3.8, 4) is 5.75 Å². The van der Waals surface area contributed by atoms with Crippen molar-refractivity contribution >= 4 is 33.4 Å². The highest BCUT2D eigenvalue weighted by Gasteiger charge is 2.17. The molecule has 0 heterocycles. The summed E-state index contributed by atoms with van der Waals surface area (Å²) < 4.78 is 11.0. The number of amides is 2. The number of rotatable bonds is 8. The molecule has 2 N–H and O–H groups in total. The lowest BCUT2D eigenvalue weighted by Gasteiger charge is -2.13. The summed E-state index contributed by atoms with van der Waals surface area (Å²) >= 11 is 3.35. The van der Waals surface area contributed by atoms with E-state index in [0.29, 0.717) is 42.1 Å². The number of carbonyl (C=O) groups excluding carboxylic acids is 2. The zero-order valence-electron chi connectivity index (χ0n) is 14.7. The Kier molecular flexibility index (Phi) is 7.62. The number of halogens is 1. The molecule has 0 saturated carbocycles. The predicted octanol–water partition coefficient (Wildman–Crippen LogP) is 3.48. The standard InChI is InChI=1S/C19H21BrN2O4/c1-25-11-5-10-21-18(23)14-6-3-4-7-16(14)22-19(24)15-12-13(20)8-9-17(15)26-2/h3-4,6-9,12H,5,10-11H2,1-2H3,(H,21,23)(H,22,24). The van der Waals surface area contributed by atoms with Crippen LogP contribution in [0, 0.1) is 0 Å². The first-order valence-corrected chi connectivity index (χ1v) is 8.87. The van der Waals surface area contributed by atoms with Gasteiger partial charge in [0.25, 0.3) is 11.8 Å². The topological polar surface area (TPSA) is 76.7 Å². The number of para-hydroxylation sites is 1. The Labute approximate surface area is 161 Å². The number of anilines is 1. The Morgan fingerprint density at radius 3 is 2.54 bits per heavy atom. The molecule has 0 spiro atoms. The smallest absolute Gasteiger partial charge is 0.259 e. The molecule has 0 radical (unpaired) electrons. The third kappa shape index (κ3) is 5.31. The van der Waals surface area contributed by atoms with Crippen LogP contribution in [0.3, 0.4) is 0 Å². The maximum absolute atomic E-state index is 12.7. The van der Waals surface area contributed by atoms with Gasteiger partial charge >= 0.3 is 0 Å². The molecule has 2 amide bonds. The second-order valence-corrected chi connectivity index (χ2v) is 6.36. The van der Waals surface area contributed by atoms with Crippen LogP contribution < -0.4 is 15.4 Å². The van der Waals surface area contributed by atoms with Gasteiger partial charge in [-0.1, -0.05) is 28.1 Å². The molecule has 0 aliphatic rings. The van der Waals surface area contributed by atoms with Crippen molar-refractivity contribution < 1.29 is 19.1 Å². The molecule has 2 rings (SSSR count). The van der Waals surface area contributed by atoms with E-state index in [2.05, 4.69) is 26.6 Å². The summed E-state index contributed by atoms with van der Waals surface area (Å²) in [5.41, 5.74) is 1.20. The van der Waals surface area contributed by atoms with Crippen molar-refractivity contribution in [2.75, 3.05) is 32.7 Å². The highest BCUT2D eigenvalue weighted by atomic mass is 79.9. The minimum Gasteiger partial charge on any atom is -0.496 e. The first-order chi connectivity index (χ1) is 12.6. The van der Waals surface area contributed by atoms with Gasteiger partial charge in [0.2, 0.25) is 0 Å². The van der Waals surface area contributed by atoms with Crippen LogP contribution in [-0.2, 0) is 4.74 Å². The fourth-order valence-electron chi connectivity index (χ4n) is 2.35. The SMILES string of the molecule is COCCCNC(=O)c1ccccc1NC(=O)c1cc(Br)ccc1OC. The monoisotopic (exact) mass is 420 g/mol. The first-order valence-electron chi connectivity index (χ1n) is 8.08. The molecule has 0 aromatic heterocycles. The van der Waals surface area contributed by atoms with Gasteiger partial charge in [-0.3, -0.25) is 9.59 Å². The Morgan fingerprint density at radius 1 is 1.04 bits per heavy atom. The number of hydrogen-bond donors (Lipinski definition) is 2. The van der Waals surface area contributed by atoms with E-state index in [0.717, 1.165) is 4.47 Å². The van der Waals surface area contributed by atoms with Gasteiger partial charge in [-0.25, -0.2) is 0 Å². The Hall–Kier alpha value is -2.38. The fraction of sp³-hybridized carbons (Fsp3) is 0.263. The summed E-state index contributed by atoms with van der Waals surface area (Å²) in [5, 5.41) is 5.60. The zero-order valence-corrected chi connectivity index (χ0v) is 16.3. The average Bonchev–Trinajstić information content (AvgIpc) is 2.65. The van der Waals surface area contributed by atoms with Gasteiger partial charge in [0.05, 0.1) is 23.9 Å². The minimum absolute atomic E-state index is 0.252. The molecule has 0 bridgehead atoms. The molecule has 26 heavy (non-hydrogen) atoms. The maximum atomic E-state index is 12.7. The molecule has 0 aliphatic carbocycles. The number of ether oxygens (including phenoxy) is 2. The van der Waals surface area contributed by atoms with Crippen LogP contribution in [0.15, 0.2) is 46.9 Å². The van der Waals surface area contributed by atoms with Crippen LogP contribution in [0.4, 0.5) is 5.69 Å². The van der Waals surface area contributed by atoms with Gasteiger partial charge in [0.1, 0.15) is 5.75 Å². The number of carbonyl (C=O) groups is 2. The van der Waals surface area contributed by atoms with Crippen LogP contribution in [0.1, 0.15) is 27.1 Å². The quantitative estimate of drug-likeness (QED) is 0.640. The Bertz CT molecular complexity index is 780. The average molecular weight is 421 g/mol. The van der Waals surface area contributed by atoms with E-state index >= 15 is 0 Å². The summed E-state index contributed by atoms with van der Waals surface area (Å²) in [4.78, 5) is 25.0. The van der Waals surface area contributed by atoms with E-state index in [4.69, 9.17) is 9.47 Å². The van der Waals surface area contributed by atoms with E-state index in [1.165, 1.54) is 7.11 Å². The molecule has 2 aromatic rings. The van der Waals surface area contributed by atoms with E-state index in [1.54, 1.807) is 49.6 Å². The lowest BCUT2D eigenvalue weighted by atomic mass is 10.1. The second kappa shape index (κ2) is 9.94. The molecular weight excluding hydrogens is 400 g/mol. The largest absolute Gasteiger partial charge is 0.496 e. The van der Waals surface area contributed by atoms with Crippen LogP contribution in [0.2, 0.25) is 0 Å². The van der Waals surface area contributed by atoms with E-state index in [1.807, 2.05) is 0 Å². The number of nitrogens with one attached hydrogen (secondary N) is 2. The van der Waals surface area contributed by atoms with Crippen molar-refractivity contribution in [1.29, 1.82) is 0 Å². The number of methoxy groups -OCH3 is 2. The van der Waals surface area contributed by atoms with Crippen LogP contribution in [0.25, 0.3) is 0 Å². The molecule has 7 heteroatoms. The molecule has 0 atom stereocenters. The molecule has 2 aromatic carbocycles. The van der Waals surface area contributed by atoms with E-state index in [9.17, 15) is 9.59 Å². The van der Waals surface area contributed by atoms with Crippen LogP contribution >= 0.6 is 15.9 Å². The molecule has 0 saturated heterocycles. The van der Waals surface area contributed by atoms with Crippen molar-refractivity contribution in [3.05, 3.63) is 58.1 Å². The van der Waals surface area contributed by atoms with Gasteiger partial charge < -0.3 is 20.1 Å². The molecule has 0 aliphatic heterocycles. The molecule has 0 fully saturated rings. The third-order valence-corrected chi connectivity index (χ3v) is 4.13. The van der Waals surface area contributed by atoms with Gasteiger partial charge in [-0.2, -0.15) is 0 Å². The first kappa shape index (κ1) is 19.9. The van der Waals surface area contributed by atoms with Crippen molar-refractivity contribution in [2.45, 2.75) is 6.42 Å². The highest BCUT2D eigenvalue weighted by molar-refractivity contribution is 9.10. The van der Waals surface area contributed by atoms with Crippen LogP contribution in [0.5, 0.6) is 5.75 Å². The van der Waals surface area contributed by atoms with Crippen molar-refractivity contribution in [2.24, 2.45) is 0 Å². The summed E-state index contributed by atoms with van der Waals surface area (Å²) in [6.45, 7) is 1.07. The van der Waals surface area contributed by atoms with Crippen molar-refractivity contribution in [1.82, 2.24) is 5.32 Å². The van der Waals surface area contributed by atoms with Gasteiger partial charge in [-0.15, -0.1) is 0 Å².